The zero-order chi connectivity index (χ0) is 56.6. The SMILES string of the molecule is Brc1cccc(Br)c1-c1cnc2c3ccccc3c3ccccc3n12.CC1(C)CC=C(B2OC(C)(C)C(C)(C)O2)CC1.CC1(C)CC=C(c2cccc(C3=CCC(C)(C)CC3)c2-c2cnc3c4ccccc4c4ccccc4n23)CC1. The highest BCUT2D eigenvalue weighted by Gasteiger charge is 2.52. The molecule has 0 spiro atoms. The van der Waals surface area contributed by atoms with Crippen LogP contribution in [-0.4, -0.2) is 37.1 Å². The van der Waals surface area contributed by atoms with Gasteiger partial charge >= 0.3 is 7.12 Å². The van der Waals surface area contributed by atoms with Crippen molar-refractivity contribution in [2.75, 3.05) is 0 Å². The van der Waals surface area contributed by atoms with Crippen LogP contribution >= 0.6 is 31.9 Å². The van der Waals surface area contributed by atoms with Gasteiger partial charge in [-0.3, -0.25) is 8.80 Å². The van der Waals surface area contributed by atoms with Crippen LogP contribution in [0.15, 0.2) is 178 Å². The van der Waals surface area contributed by atoms with Crippen molar-refractivity contribution in [2.24, 2.45) is 16.2 Å². The van der Waals surface area contributed by atoms with Crippen LogP contribution in [0.3, 0.4) is 0 Å². The van der Waals surface area contributed by atoms with Gasteiger partial charge < -0.3 is 9.31 Å². The molecule has 1 saturated heterocycles. The van der Waals surface area contributed by atoms with E-state index in [4.69, 9.17) is 19.3 Å². The number of aromatic nitrogens is 4. The van der Waals surface area contributed by atoms with E-state index in [9.17, 15) is 0 Å². The molecule has 0 N–H and O–H groups in total. The Balaban J connectivity index is 0.000000132. The summed E-state index contributed by atoms with van der Waals surface area (Å²) in [6, 6.07) is 47.6. The summed E-state index contributed by atoms with van der Waals surface area (Å²) in [5.74, 6) is 0. The second-order valence-electron chi connectivity index (χ2n) is 26.5. The van der Waals surface area contributed by atoms with Crippen LogP contribution in [0.5, 0.6) is 0 Å². The summed E-state index contributed by atoms with van der Waals surface area (Å²) >= 11 is 7.39. The molecular formula is C72H75BBr2N4O2. The Morgan fingerprint density at radius 1 is 0.420 bits per heavy atom. The molecule has 3 aliphatic carbocycles. The maximum absolute atomic E-state index is 6.08. The highest BCUT2D eigenvalue weighted by atomic mass is 79.9. The molecule has 0 radical (unpaired) electrons. The molecule has 412 valence electrons. The van der Waals surface area contributed by atoms with E-state index in [2.05, 4.69) is 262 Å². The molecule has 10 aromatic rings. The average Bonchev–Trinajstić information content (AvgIpc) is 4.39. The minimum atomic E-state index is -0.217. The molecule has 4 aliphatic rings. The Bertz CT molecular complexity index is 4100. The Hall–Kier alpha value is -6.10. The summed E-state index contributed by atoms with van der Waals surface area (Å²) in [6.07, 6.45) is 21.8. The van der Waals surface area contributed by atoms with Crippen LogP contribution in [0.25, 0.3) is 88.3 Å². The summed E-state index contributed by atoms with van der Waals surface area (Å²) in [7, 11) is -0.129. The second kappa shape index (κ2) is 21.3. The first-order valence-corrected chi connectivity index (χ1v) is 30.8. The van der Waals surface area contributed by atoms with Gasteiger partial charge in [0.25, 0.3) is 0 Å². The molecule has 4 aromatic heterocycles. The van der Waals surface area contributed by atoms with Crippen molar-refractivity contribution in [3.8, 4) is 22.5 Å². The monoisotopic (exact) mass is 1200 g/mol. The summed E-state index contributed by atoms with van der Waals surface area (Å²) in [4.78, 5) is 9.89. The van der Waals surface area contributed by atoms with E-state index in [0.717, 1.165) is 80.9 Å². The zero-order valence-corrected chi connectivity index (χ0v) is 52.1. The van der Waals surface area contributed by atoms with Gasteiger partial charge in [-0.1, -0.05) is 201 Å². The molecule has 9 heteroatoms. The topological polar surface area (TPSA) is 53.1 Å². The van der Waals surface area contributed by atoms with Gasteiger partial charge in [-0.25, -0.2) is 9.97 Å². The molecule has 6 aromatic carbocycles. The van der Waals surface area contributed by atoms with Gasteiger partial charge in [0.1, 0.15) is 11.3 Å². The lowest BCUT2D eigenvalue weighted by Gasteiger charge is -2.32. The van der Waals surface area contributed by atoms with E-state index < -0.39 is 0 Å². The number of allylic oxidation sites excluding steroid dienone is 6. The van der Waals surface area contributed by atoms with E-state index in [-0.39, 0.29) is 18.3 Å². The van der Waals surface area contributed by atoms with Crippen LogP contribution in [0.1, 0.15) is 138 Å². The third-order valence-corrected chi connectivity index (χ3v) is 19.8. The predicted octanol–water partition coefficient (Wildman–Crippen LogP) is 21.1. The molecule has 0 amide bonds. The summed E-state index contributed by atoms with van der Waals surface area (Å²) in [5, 5.41) is 7.37. The van der Waals surface area contributed by atoms with Crippen LogP contribution < -0.4 is 0 Å². The second-order valence-corrected chi connectivity index (χ2v) is 28.2. The molecule has 0 atom stereocenters. The standard InChI is InChI=1S/C37H38N2.C21H12Br2N2.C14H25BO2/c1-36(2)20-16-25(17-21-36)27-13-9-14-28(26-18-22-37(3,4)23-19-26)34(27)33-24-38-35-31-12-6-5-10-29(31)30-11-7-8-15-32(30)39(33)35;22-16-9-5-10-17(23)20(16)19-12-24-21-15-8-2-1-6-13(15)14-7-3-4-11-18(14)25(19)21;1-12(2)9-7-11(8-10-12)15-16-13(3,4)14(5,6)17-15/h5-16,18,24H,17,19-23H2,1-4H3;1-12H;7H,8-10H2,1-6H3. The first kappa shape index (κ1) is 55.4. The van der Waals surface area contributed by atoms with Gasteiger partial charge in [-0.05, 0) is 165 Å². The number of halogens is 2. The first-order valence-electron chi connectivity index (χ1n) is 29.2. The third-order valence-electron chi connectivity index (χ3n) is 18.5. The fourth-order valence-corrected chi connectivity index (χ4v) is 14.0. The normalized spacial score (nSPS) is 19.0. The smallest absolute Gasteiger partial charge is 0.400 e. The van der Waals surface area contributed by atoms with E-state index in [1.54, 1.807) is 0 Å². The van der Waals surface area contributed by atoms with Crippen molar-refractivity contribution in [2.45, 2.75) is 138 Å². The number of nitrogens with zero attached hydrogens (tertiary/aromatic N) is 4. The average molecular weight is 1200 g/mol. The molecule has 0 saturated carbocycles. The van der Waals surface area contributed by atoms with E-state index in [0.29, 0.717) is 16.2 Å². The Labute approximate surface area is 496 Å². The Kier molecular flexibility index (Phi) is 14.6. The third kappa shape index (κ3) is 10.5. The number of fused-ring (bicyclic) bond motifs is 12. The maximum atomic E-state index is 6.08. The van der Waals surface area contributed by atoms with Crippen molar-refractivity contribution in [3.63, 3.8) is 0 Å². The molecule has 1 fully saturated rings. The van der Waals surface area contributed by atoms with Crippen LogP contribution in [0.4, 0.5) is 0 Å². The zero-order valence-electron chi connectivity index (χ0n) is 48.9. The van der Waals surface area contributed by atoms with Gasteiger partial charge in [0.2, 0.25) is 0 Å². The summed E-state index contributed by atoms with van der Waals surface area (Å²) < 4.78 is 18.9. The fourth-order valence-electron chi connectivity index (χ4n) is 12.6. The quantitative estimate of drug-likeness (QED) is 0.127. The molecule has 5 heterocycles. The Morgan fingerprint density at radius 3 is 1.22 bits per heavy atom. The van der Waals surface area contributed by atoms with Crippen molar-refractivity contribution >= 4 is 105 Å². The van der Waals surface area contributed by atoms with E-state index in [1.165, 1.54) is 90.7 Å². The van der Waals surface area contributed by atoms with Crippen LogP contribution in [-0.2, 0) is 9.31 Å². The molecule has 0 unspecified atom stereocenters. The lowest BCUT2D eigenvalue weighted by atomic mass is 9.67. The minimum absolute atomic E-state index is 0.129. The van der Waals surface area contributed by atoms with Crippen molar-refractivity contribution in [1.29, 1.82) is 0 Å². The summed E-state index contributed by atoms with van der Waals surface area (Å²) in [6.45, 7) is 22.7. The lowest BCUT2D eigenvalue weighted by molar-refractivity contribution is 0.00578. The van der Waals surface area contributed by atoms with Crippen LogP contribution in [0.2, 0.25) is 0 Å². The summed E-state index contributed by atoms with van der Waals surface area (Å²) in [5.41, 5.74) is 16.9. The van der Waals surface area contributed by atoms with Crippen molar-refractivity contribution in [1.82, 2.24) is 18.8 Å². The van der Waals surface area contributed by atoms with E-state index in [1.807, 2.05) is 12.3 Å². The number of pyridine rings is 2. The van der Waals surface area contributed by atoms with Gasteiger partial charge in [-0.2, -0.15) is 0 Å². The first-order chi connectivity index (χ1) is 38.7. The number of imidazole rings is 2. The van der Waals surface area contributed by atoms with Crippen LogP contribution in [0, 0.1) is 16.2 Å². The van der Waals surface area contributed by atoms with Gasteiger partial charge in [0, 0.05) is 41.6 Å². The molecule has 14 rings (SSSR count). The molecule has 6 nitrogen and oxygen atoms in total. The number of rotatable bonds is 5. The van der Waals surface area contributed by atoms with Gasteiger partial charge in [0.15, 0.2) is 0 Å². The lowest BCUT2D eigenvalue weighted by Crippen LogP contribution is -2.41. The van der Waals surface area contributed by atoms with Gasteiger partial charge in [0.05, 0.1) is 46.0 Å². The highest BCUT2D eigenvalue weighted by Crippen LogP contribution is 2.48. The largest absolute Gasteiger partial charge is 0.490 e. The molecular weight excluding hydrogens is 1120 g/mol. The molecule has 1 aliphatic heterocycles. The fraction of sp³-hybridized carbons (Fsp3) is 0.333. The molecule has 81 heavy (non-hydrogen) atoms. The van der Waals surface area contributed by atoms with E-state index >= 15 is 0 Å². The number of benzene rings is 6. The molecule has 0 bridgehead atoms. The predicted molar refractivity (Wildman–Crippen MR) is 350 cm³/mol. The minimum Gasteiger partial charge on any atom is -0.400 e. The van der Waals surface area contributed by atoms with Gasteiger partial charge in [-0.15, -0.1) is 0 Å². The highest BCUT2D eigenvalue weighted by molar-refractivity contribution is 9.11. The maximum Gasteiger partial charge on any atom is 0.490 e. The number of hydrogen-bond donors (Lipinski definition) is 0. The van der Waals surface area contributed by atoms with Crippen molar-refractivity contribution in [3.05, 3.63) is 190 Å². The van der Waals surface area contributed by atoms with Crippen molar-refractivity contribution < 1.29 is 9.31 Å². The number of hydrogen-bond acceptors (Lipinski definition) is 4. The Morgan fingerprint density at radius 2 is 0.802 bits per heavy atom. The number of para-hydroxylation sites is 2.